The van der Waals surface area contributed by atoms with Crippen LogP contribution >= 0.6 is 11.6 Å². The van der Waals surface area contributed by atoms with Gasteiger partial charge in [-0.05, 0) is 37.1 Å². The number of hydrogen-bond acceptors (Lipinski definition) is 2. The molecule has 0 spiro atoms. The molecule has 0 saturated carbocycles. The predicted octanol–water partition coefficient (Wildman–Crippen LogP) is 3.16. The third-order valence-corrected chi connectivity index (χ3v) is 3.08. The number of benzene rings is 1. The number of halogens is 2. The average Bonchev–Trinajstić information content (AvgIpc) is 2.25. The number of carboxylic acid groups (broad SMARTS) is 1. The topological polar surface area (TPSA) is 40.5 Å². The van der Waals surface area contributed by atoms with Crippen molar-refractivity contribution < 1.29 is 14.3 Å². The Balaban J connectivity index is 2.84. The summed E-state index contributed by atoms with van der Waals surface area (Å²) in [6.07, 6.45) is 0.830. The summed E-state index contributed by atoms with van der Waals surface area (Å²) in [5.74, 6) is -1.30. The van der Waals surface area contributed by atoms with Crippen LogP contribution in [0.4, 0.5) is 4.39 Å². The first-order chi connectivity index (χ1) is 8.42. The van der Waals surface area contributed by atoms with Crippen LogP contribution in [0.3, 0.4) is 0 Å². The molecule has 0 aliphatic rings. The fourth-order valence-corrected chi connectivity index (χ4v) is 1.98. The van der Waals surface area contributed by atoms with Gasteiger partial charge in [0.25, 0.3) is 0 Å². The average molecular weight is 274 g/mol. The molecular formula is C13H17ClFNO2. The maximum absolute atomic E-state index is 13.2. The molecule has 0 amide bonds. The van der Waals surface area contributed by atoms with Crippen molar-refractivity contribution in [1.82, 2.24) is 4.90 Å². The first kappa shape index (κ1) is 14.9. The third kappa shape index (κ3) is 4.63. The molecule has 0 fully saturated rings. The second-order valence-electron chi connectivity index (χ2n) is 4.33. The van der Waals surface area contributed by atoms with Gasteiger partial charge in [0, 0.05) is 17.6 Å². The Bertz CT molecular complexity index is 405. The normalized spacial score (nSPS) is 12.7. The van der Waals surface area contributed by atoms with Gasteiger partial charge >= 0.3 is 5.97 Å². The quantitative estimate of drug-likeness (QED) is 0.865. The fraction of sp³-hybridized carbons (Fsp3) is 0.462. The molecule has 1 aromatic rings. The Labute approximate surface area is 111 Å². The largest absolute Gasteiger partial charge is 0.480 e. The van der Waals surface area contributed by atoms with E-state index >= 15 is 0 Å². The van der Waals surface area contributed by atoms with Crippen molar-refractivity contribution >= 4 is 17.6 Å². The number of hydrogen-bond donors (Lipinski definition) is 1. The van der Waals surface area contributed by atoms with E-state index in [1.165, 1.54) is 12.1 Å². The van der Waals surface area contributed by atoms with Crippen LogP contribution in [0.1, 0.15) is 25.8 Å². The third-order valence-electron chi connectivity index (χ3n) is 2.86. The Kier molecular flexibility index (Phi) is 5.56. The van der Waals surface area contributed by atoms with Gasteiger partial charge in [0.1, 0.15) is 5.82 Å². The SMILES string of the molecule is CCC(C)N(CC(=O)O)Cc1cc(F)cc(Cl)c1. The van der Waals surface area contributed by atoms with Gasteiger partial charge in [0.05, 0.1) is 6.54 Å². The zero-order chi connectivity index (χ0) is 13.7. The van der Waals surface area contributed by atoms with Crippen LogP contribution in [-0.4, -0.2) is 28.6 Å². The smallest absolute Gasteiger partial charge is 0.317 e. The van der Waals surface area contributed by atoms with E-state index in [0.29, 0.717) is 17.1 Å². The summed E-state index contributed by atoms with van der Waals surface area (Å²) >= 11 is 5.78. The Morgan fingerprint density at radius 1 is 1.50 bits per heavy atom. The van der Waals surface area contributed by atoms with Gasteiger partial charge in [-0.25, -0.2) is 4.39 Å². The minimum absolute atomic E-state index is 0.0663. The van der Waals surface area contributed by atoms with Crippen LogP contribution in [0.15, 0.2) is 18.2 Å². The summed E-state index contributed by atoms with van der Waals surface area (Å²) in [6, 6.07) is 4.38. The van der Waals surface area contributed by atoms with E-state index in [4.69, 9.17) is 16.7 Å². The fourth-order valence-electron chi connectivity index (χ4n) is 1.74. The molecule has 0 heterocycles. The molecule has 5 heteroatoms. The first-order valence-electron chi connectivity index (χ1n) is 5.83. The lowest BCUT2D eigenvalue weighted by molar-refractivity contribution is -0.139. The summed E-state index contributed by atoms with van der Waals surface area (Å²) in [5.41, 5.74) is 0.682. The monoisotopic (exact) mass is 273 g/mol. The van der Waals surface area contributed by atoms with E-state index in [-0.39, 0.29) is 12.6 Å². The first-order valence-corrected chi connectivity index (χ1v) is 6.21. The van der Waals surface area contributed by atoms with Crippen molar-refractivity contribution in [3.8, 4) is 0 Å². The lowest BCUT2D eigenvalue weighted by Crippen LogP contribution is -2.36. The van der Waals surface area contributed by atoms with Crippen LogP contribution < -0.4 is 0 Å². The standard InChI is InChI=1S/C13H17ClFNO2/c1-3-9(2)16(8-13(17)18)7-10-4-11(14)6-12(15)5-10/h4-6,9H,3,7-8H2,1-2H3,(H,17,18). The molecule has 0 radical (unpaired) electrons. The zero-order valence-corrected chi connectivity index (χ0v) is 11.2. The van der Waals surface area contributed by atoms with Crippen LogP contribution in [0.2, 0.25) is 5.02 Å². The van der Waals surface area contributed by atoms with E-state index in [1.54, 1.807) is 11.0 Å². The summed E-state index contributed by atoms with van der Waals surface area (Å²) in [5, 5.41) is 9.20. The van der Waals surface area contributed by atoms with E-state index in [9.17, 15) is 9.18 Å². The lowest BCUT2D eigenvalue weighted by Gasteiger charge is -2.26. The van der Waals surface area contributed by atoms with Crippen molar-refractivity contribution in [2.45, 2.75) is 32.9 Å². The molecule has 18 heavy (non-hydrogen) atoms. The zero-order valence-electron chi connectivity index (χ0n) is 10.5. The molecule has 1 N–H and O–H groups in total. The molecule has 0 aromatic heterocycles. The highest BCUT2D eigenvalue weighted by molar-refractivity contribution is 6.30. The maximum atomic E-state index is 13.2. The minimum Gasteiger partial charge on any atom is -0.480 e. The van der Waals surface area contributed by atoms with Crippen molar-refractivity contribution in [3.63, 3.8) is 0 Å². The highest BCUT2D eigenvalue weighted by Crippen LogP contribution is 2.17. The van der Waals surface area contributed by atoms with Crippen molar-refractivity contribution in [3.05, 3.63) is 34.6 Å². The maximum Gasteiger partial charge on any atom is 0.317 e. The second kappa shape index (κ2) is 6.71. The van der Waals surface area contributed by atoms with Gasteiger partial charge in [0.15, 0.2) is 0 Å². The molecule has 1 aromatic carbocycles. The number of aliphatic carboxylic acids is 1. The molecule has 100 valence electrons. The van der Waals surface area contributed by atoms with Crippen LogP contribution in [0.5, 0.6) is 0 Å². The highest BCUT2D eigenvalue weighted by Gasteiger charge is 2.16. The Morgan fingerprint density at radius 3 is 2.67 bits per heavy atom. The van der Waals surface area contributed by atoms with Crippen molar-refractivity contribution in [1.29, 1.82) is 0 Å². The van der Waals surface area contributed by atoms with Crippen LogP contribution in [0, 0.1) is 5.82 Å². The summed E-state index contributed by atoms with van der Waals surface area (Å²) in [6.45, 7) is 4.24. The van der Waals surface area contributed by atoms with Gasteiger partial charge in [-0.3, -0.25) is 9.69 Å². The summed E-state index contributed by atoms with van der Waals surface area (Å²) in [4.78, 5) is 12.6. The van der Waals surface area contributed by atoms with Crippen LogP contribution in [-0.2, 0) is 11.3 Å². The molecule has 0 aliphatic heterocycles. The van der Waals surface area contributed by atoms with E-state index in [0.717, 1.165) is 6.42 Å². The second-order valence-corrected chi connectivity index (χ2v) is 4.77. The van der Waals surface area contributed by atoms with Gasteiger partial charge in [-0.2, -0.15) is 0 Å². The van der Waals surface area contributed by atoms with E-state index in [2.05, 4.69) is 0 Å². The van der Waals surface area contributed by atoms with Crippen molar-refractivity contribution in [2.24, 2.45) is 0 Å². The van der Waals surface area contributed by atoms with Crippen molar-refractivity contribution in [2.75, 3.05) is 6.54 Å². The molecule has 3 nitrogen and oxygen atoms in total. The van der Waals surface area contributed by atoms with E-state index in [1.807, 2.05) is 13.8 Å². The summed E-state index contributed by atoms with van der Waals surface area (Å²) in [7, 11) is 0. The predicted molar refractivity (Wildman–Crippen MR) is 69.2 cm³/mol. The van der Waals surface area contributed by atoms with Gasteiger partial charge in [-0.15, -0.1) is 0 Å². The molecule has 0 aliphatic carbocycles. The lowest BCUT2D eigenvalue weighted by atomic mass is 10.1. The van der Waals surface area contributed by atoms with Crippen LogP contribution in [0.25, 0.3) is 0 Å². The number of rotatable bonds is 6. The Morgan fingerprint density at radius 2 is 2.17 bits per heavy atom. The number of carbonyl (C=O) groups is 1. The van der Waals surface area contributed by atoms with Gasteiger partial charge in [-0.1, -0.05) is 18.5 Å². The minimum atomic E-state index is -0.891. The van der Waals surface area contributed by atoms with Gasteiger partial charge < -0.3 is 5.11 Å². The molecule has 1 rings (SSSR count). The molecule has 1 atom stereocenters. The summed E-state index contributed by atoms with van der Waals surface area (Å²) < 4.78 is 13.2. The van der Waals surface area contributed by atoms with Gasteiger partial charge in [0.2, 0.25) is 0 Å². The van der Waals surface area contributed by atoms with E-state index < -0.39 is 11.8 Å². The molecule has 1 unspecified atom stereocenters. The number of nitrogens with zero attached hydrogens (tertiary/aromatic N) is 1. The Hall–Kier alpha value is -1.13. The molecular weight excluding hydrogens is 257 g/mol. The highest BCUT2D eigenvalue weighted by atomic mass is 35.5. The molecule has 0 saturated heterocycles. The number of carboxylic acids is 1. The molecule has 0 bridgehead atoms.